The topological polar surface area (TPSA) is 41.5 Å². The first-order valence-electron chi connectivity index (χ1n) is 5.17. The third kappa shape index (κ3) is 5.28. The van der Waals surface area contributed by atoms with Crippen molar-refractivity contribution in [3.8, 4) is 0 Å². The molecule has 1 aromatic heterocycles. The van der Waals surface area contributed by atoms with E-state index < -0.39 is 5.60 Å². The second-order valence-electron chi connectivity index (χ2n) is 3.85. The van der Waals surface area contributed by atoms with Crippen molar-refractivity contribution in [3.05, 3.63) is 22.4 Å². The van der Waals surface area contributed by atoms with E-state index in [1.54, 1.807) is 18.3 Å². The van der Waals surface area contributed by atoms with Gasteiger partial charge in [0, 0.05) is 11.4 Å². The van der Waals surface area contributed by atoms with Crippen LogP contribution < -0.4 is 5.32 Å². The van der Waals surface area contributed by atoms with E-state index in [9.17, 15) is 5.11 Å². The Bertz CT molecular complexity index is 260. The fourth-order valence-electron chi connectivity index (χ4n) is 1.21. The van der Waals surface area contributed by atoms with Crippen LogP contribution >= 0.6 is 11.3 Å². The van der Waals surface area contributed by atoms with Crippen molar-refractivity contribution in [3.63, 3.8) is 0 Å². The van der Waals surface area contributed by atoms with Gasteiger partial charge in [0.1, 0.15) is 0 Å². The van der Waals surface area contributed by atoms with Gasteiger partial charge in [0.2, 0.25) is 0 Å². The zero-order valence-electron chi connectivity index (χ0n) is 9.32. The molecule has 2 N–H and O–H groups in total. The monoisotopic (exact) mass is 229 g/mol. The molecule has 86 valence electrons. The van der Waals surface area contributed by atoms with Crippen LogP contribution in [-0.2, 0) is 11.3 Å². The van der Waals surface area contributed by atoms with Crippen molar-refractivity contribution in [2.24, 2.45) is 0 Å². The predicted octanol–water partition coefficient (Wildman–Crippen LogP) is 1.63. The average molecular weight is 229 g/mol. The SMILES string of the molecule is CCNCC(C)(O)COCc1cccs1. The molecule has 1 atom stereocenters. The van der Waals surface area contributed by atoms with Crippen LogP contribution in [0.4, 0.5) is 0 Å². The maximum absolute atomic E-state index is 9.89. The highest BCUT2D eigenvalue weighted by molar-refractivity contribution is 7.09. The van der Waals surface area contributed by atoms with Crippen LogP contribution in [0.1, 0.15) is 18.7 Å². The molecule has 0 saturated carbocycles. The van der Waals surface area contributed by atoms with E-state index in [0.717, 1.165) is 6.54 Å². The second kappa shape index (κ2) is 6.23. The van der Waals surface area contributed by atoms with Crippen molar-refractivity contribution in [2.75, 3.05) is 19.7 Å². The Balaban J connectivity index is 2.18. The lowest BCUT2D eigenvalue weighted by Gasteiger charge is -2.23. The lowest BCUT2D eigenvalue weighted by Crippen LogP contribution is -2.41. The first-order chi connectivity index (χ1) is 7.14. The lowest BCUT2D eigenvalue weighted by atomic mass is 10.1. The van der Waals surface area contributed by atoms with Gasteiger partial charge in [-0.25, -0.2) is 0 Å². The quantitative estimate of drug-likeness (QED) is 0.746. The van der Waals surface area contributed by atoms with E-state index in [-0.39, 0.29) is 0 Å². The van der Waals surface area contributed by atoms with Crippen molar-refractivity contribution in [2.45, 2.75) is 26.1 Å². The van der Waals surface area contributed by atoms with Crippen LogP contribution in [0.3, 0.4) is 0 Å². The van der Waals surface area contributed by atoms with Crippen LogP contribution in [0.25, 0.3) is 0 Å². The van der Waals surface area contributed by atoms with Crippen LogP contribution in [0, 0.1) is 0 Å². The van der Waals surface area contributed by atoms with Crippen LogP contribution in [0.5, 0.6) is 0 Å². The van der Waals surface area contributed by atoms with Gasteiger partial charge in [0.05, 0.1) is 18.8 Å². The van der Waals surface area contributed by atoms with Crippen LogP contribution in [0.2, 0.25) is 0 Å². The zero-order valence-corrected chi connectivity index (χ0v) is 10.1. The number of hydrogen-bond acceptors (Lipinski definition) is 4. The molecule has 1 rings (SSSR count). The summed E-state index contributed by atoms with van der Waals surface area (Å²) in [7, 11) is 0. The fourth-order valence-corrected chi connectivity index (χ4v) is 1.85. The minimum atomic E-state index is -0.784. The summed E-state index contributed by atoms with van der Waals surface area (Å²) in [6.07, 6.45) is 0. The van der Waals surface area contributed by atoms with Gasteiger partial charge in [-0.1, -0.05) is 13.0 Å². The largest absolute Gasteiger partial charge is 0.386 e. The molecule has 1 unspecified atom stereocenters. The Morgan fingerprint density at radius 2 is 2.40 bits per heavy atom. The summed E-state index contributed by atoms with van der Waals surface area (Å²) in [4.78, 5) is 1.19. The molecular weight excluding hydrogens is 210 g/mol. The molecule has 0 spiro atoms. The van der Waals surface area contributed by atoms with Gasteiger partial charge in [-0.15, -0.1) is 11.3 Å². The molecule has 0 aliphatic heterocycles. The standard InChI is InChI=1S/C11H19NO2S/c1-3-12-8-11(2,13)9-14-7-10-5-4-6-15-10/h4-6,12-13H,3,7-9H2,1-2H3. The summed E-state index contributed by atoms with van der Waals surface area (Å²) in [5.41, 5.74) is -0.784. The molecule has 0 aromatic carbocycles. The Hall–Kier alpha value is -0.420. The minimum Gasteiger partial charge on any atom is -0.386 e. The number of aliphatic hydroxyl groups is 1. The highest BCUT2D eigenvalue weighted by Crippen LogP contribution is 2.11. The van der Waals surface area contributed by atoms with E-state index in [2.05, 4.69) is 5.32 Å². The fraction of sp³-hybridized carbons (Fsp3) is 0.636. The molecule has 0 saturated heterocycles. The summed E-state index contributed by atoms with van der Waals surface area (Å²) in [5, 5.41) is 15.0. The van der Waals surface area contributed by atoms with Crippen LogP contribution in [0.15, 0.2) is 17.5 Å². The number of likely N-dealkylation sites (N-methyl/N-ethyl adjacent to an activating group) is 1. The van der Waals surface area contributed by atoms with Crippen molar-refractivity contribution >= 4 is 11.3 Å². The second-order valence-corrected chi connectivity index (χ2v) is 4.88. The zero-order chi connectivity index (χ0) is 11.1. The van der Waals surface area contributed by atoms with Gasteiger partial charge in [-0.3, -0.25) is 0 Å². The minimum absolute atomic E-state index is 0.359. The van der Waals surface area contributed by atoms with E-state index >= 15 is 0 Å². The number of thiophene rings is 1. The number of ether oxygens (including phenoxy) is 1. The molecule has 1 heterocycles. The molecule has 0 aliphatic carbocycles. The average Bonchev–Trinajstić information content (AvgIpc) is 2.67. The molecule has 4 heteroatoms. The first-order valence-corrected chi connectivity index (χ1v) is 6.05. The van der Waals surface area contributed by atoms with Crippen molar-refractivity contribution in [1.82, 2.24) is 5.32 Å². The number of hydrogen-bond donors (Lipinski definition) is 2. The Labute approximate surface area is 95.1 Å². The van der Waals surface area contributed by atoms with E-state index in [4.69, 9.17) is 4.74 Å². The molecule has 3 nitrogen and oxygen atoms in total. The van der Waals surface area contributed by atoms with Crippen molar-refractivity contribution in [1.29, 1.82) is 0 Å². The van der Waals surface area contributed by atoms with Gasteiger partial charge < -0.3 is 15.2 Å². The summed E-state index contributed by atoms with van der Waals surface area (Å²) < 4.78 is 5.46. The Kier molecular flexibility index (Phi) is 5.25. The van der Waals surface area contributed by atoms with E-state index in [0.29, 0.717) is 19.8 Å². The molecular formula is C11H19NO2S. The van der Waals surface area contributed by atoms with E-state index in [1.165, 1.54) is 4.88 Å². The predicted molar refractivity (Wildman–Crippen MR) is 63.1 cm³/mol. The third-order valence-electron chi connectivity index (χ3n) is 1.99. The molecule has 0 radical (unpaired) electrons. The van der Waals surface area contributed by atoms with Gasteiger partial charge >= 0.3 is 0 Å². The number of nitrogens with one attached hydrogen (secondary N) is 1. The van der Waals surface area contributed by atoms with Crippen molar-refractivity contribution < 1.29 is 9.84 Å². The number of rotatable bonds is 7. The third-order valence-corrected chi connectivity index (χ3v) is 2.84. The molecule has 15 heavy (non-hydrogen) atoms. The summed E-state index contributed by atoms with van der Waals surface area (Å²) in [6, 6.07) is 4.03. The summed E-state index contributed by atoms with van der Waals surface area (Å²) in [6.45, 7) is 6.17. The molecule has 0 amide bonds. The highest BCUT2D eigenvalue weighted by atomic mass is 32.1. The maximum Gasteiger partial charge on any atom is 0.0975 e. The summed E-state index contributed by atoms with van der Waals surface area (Å²) >= 11 is 1.67. The summed E-state index contributed by atoms with van der Waals surface area (Å²) in [5.74, 6) is 0. The lowest BCUT2D eigenvalue weighted by molar-refractivity contribution is -0.0371. The molecule has 1 aromatic rings. The van der Waals surface area contributed by atoms with Gasteiger partial charge in [-0.2, -0.15) is 0 Å². The molecule has 0 aliphatic rings. The van der Waals surface area contributed by atoms with Gasteiger partial charge in [-0.05, 0) is 24.9 Å². The first kappa shape index (κ1) is 12.6. The maximum atomic E-state index is 9.89. The highest BCUT2D eigenvalue weighted by Gasteiger charge is 2.19. The molecule has 0 fully saturated rings. The molecule has 0 bridgehead atoms. The normalized spacial score (nSPS) is 15.1. The van der Waals surface area contributed by atoms with Gasteiger partial charge in [0.25, 0.3) is 0 Å². The Morgan fingerprint density at radius 3 is 3.00 bits per heavy atom. The smallest absolute Gasteiger partial charge is 0.0975 e. The Morgan fingerprint density at radius 1 is 1.60 bits per heavy atom. The van der Waals surface area contributed by atoms with E-state index in [1.807, 2.05) is 24.4 Å². The van der Waals surface area contributed by atoms with Crippen LogP contribution in [-0.4, -0.2) is 30.4 Å². The van der Waals surface area contributed by atoms with Gasteiger partial charge in [0.15, 0.2) is 0 Å².